The van der Waals surface area contributed by atoms with Crippen molar-refractivity contribution in [2.24, 2.45) is 11.5 Å². The van der Waals surface area contributed by atoms with Crippen molar-refractivity contribution in [1.82, 2.24) is 0 Å². The lowest BCUT2D eigenvalue weighted by molar-refractivity contribution is -0.139. The van der Waals surface area contributed by atoms with E-state index in [0.717, 1.165) is 11.1 Å². The smallest absolute Gasteiger partial charge is 0.341 e. The van der Waals surface area contributed by atoms with Crippen LogP contribution in [0.15, 0.2) is 49.0 Å². The van der Waals surface area contributed by atoms with Gasteiger partial charge in [-0.25, -0.2) is 4.79 Å². The van der Waals surface area contributed by atoms with Crippen molar-refractivity contribution in [1.29, 1.82) is 5.41 Å². The molecule has 0 aromatic heterocycles. The number of nitrogens with two attached hydrogens (primary N) is 2. The van der Waals surface area contributed by atoms with Crippen LogP contribution in [0.1, 0.15) is 22.3 Å². The Morgan fingerprint density at radius 2 is 1.84 bits per heavy atom. The highest BCUT2D eigenvalue weighted by molar-refractivity contribution is 5.95. The summed E-state index contributed by atoms with van der Waals surface area (Å²) in [6.45, 7) is 7.07. The van der Waals surface area contributed by atoms with E-state index < -0.39 is 5.97 Å². The van der Waals surface area contributed by atoms with Gasteiger partial charge in [-0.05, 0) is 49.2 Å². The summed E-state index contributed by atoms with van der Waals surface area (Å²) in [5.74, 6) is -0.560. The maximum Gasteiger partial charge on any atom is 0.341 e. The van der Waals surface area contributed by atoms with Crippen molar-refractivity contribution in [3.63, 3.8) is 0 Å². The van der Waals surface area contributed by atoms with Crippen LogP contribution in [0.25, 0.3) is 5.70 Å². The van der Waals surface area contributed by atoms with Crippen LogP contribution in [0.5, 0.6) is 5.75 Å². The number of rotatable bonds is 5. The fraction of sp³-hybridized carbons (Fsp3) is 0.158. The number of hydrogen-bond donors (Lipinski definition) is 4. The molecule has 0 unspecified atom stereocenters. The van der Waals surface area contributed by atoms with Gasteiger partial charge in [0.15, 0.2) is 6.61 Å². The molecule has 0 atom stereocenters. The zero-order valence-corrected chi connectivity index (χ0v) is 14.4. The Labute approximate surface area is 147 Å². The lowest BCUT2D eigenvalue weighted by Crippen LogP contribution is -2.12. The molecule has 6 N–H and O–H groups in total. The van der Waals surface area contributed by atoms with Gasteiger partial charge in [0.05, 0.1) is 0 Å². The van der Waals surface area contributed by atoms with E-state index >= 15 is 0 Å². The number of carboxylic acids is 1. The molecule has 0 radical (unpaired) electrons. The second-order valence-electron chi connectivity index (χ2n) is 5.47. The first-order valence-corrected chi connectivity index (χ1v) is 7.51. The number of amidine groups is 1. The third-order valence-electron chi connectivity index (χ3n) is 3.23. The Bertz CT molecular complexity index is 785. The molecule has 6 heteroatoms. The van der Waals surface area contributed by atoms with Gasteiger partial charge in [-0.1, -0.05) is 30.3 Å². The standard InChI is InChI=1S/C10H12N2O3.C9H11N/c1-6-4-7(10(11)12)2-3-8(6)15-5-9(13)14;1-7-4-3-5-9(6-7)8(2)10/h2-4H,5H2,1H3,(H3,11,12)(H,13,14);3-6H,2,10H2,1H3. The molecule has 2 aromatic rings. The predicted octanol–water partition coefficient (Wildman–Crippen LogP) is 2.67. The largest absolute Gasteiger partial charge is 0.482 e. The number of nitrogen functional groups attached to an aromatic ring is 1. The number of carbonyl (C=O) groups is 1. The molecule has 132 valence electrons. The molecule has 0 aliphatic rings. The molecule has 0 heterocycles. The fourth-order valence-corrected chi connectivity index (χ4v) is 1.96. The lowest BCUT2D eigenvalue weighted by atomic mass is 10.1. The van der Waals surface area contributed by atoms with Crippen LogP contribution >= 0.6 is 0 Å². The summed E-state index contributed by atoms with van der Waals surface area (Å²) < 4.78 is 5.02. The van der Waals surface area contributed by atoms with Crippen LogP contribution in [0.3, 0.4) is 0 Å². The molecule has 0 aliphatic carbocycles. The average Bonchev–Trinajstić information content (AvgIpc) is 2.54. The minimum absolute atomic E-state index is 0.0251. The normalized spacial score (nSPS) is 9.52. The van der Waals surface area contributed by atoms with Gasteiger partial charge in [0, 0.05) is 11.3 Å². The molecule has 0 saturated heterocycles. The van der Waals surface area contributed by atoms with Gasteiger partial charge in [-0.15, -0.1) is 0 Å². The minimum atomic E-state index is -1.02. The molecule has 0 saturated carbocycles. The van der Waals surface area contributed by atoms with E-state index in [1.807, 2.05) is 31.2 Å². The number of aryl methyl sites for hydroxylation is 2. The van der Waals surface area contributed by atoms with E-state index in [0.29, 0.717) is 17.0 Å². The van der Waals surface area contributed by atoms with Crippen LogP contribution < -0.4 is 16.2 Å². The Morgan fingerprint density at radius 1 is 1.16 bits per heavy atom. The van der Waals surface area contributed by atoms with Gasteiger partial charge in [-0.3, -0.25) is 5.41 Å². The molecule has 0 bridgehead atoms. The zero-order chi connectivity index (χ0) is 19.0. The third kappa shape index (κ3) is 6.78. The SMILES string of the molecule is C=C(N)c1cccc(C)c1.Cc1cc(C(=N)N)ccc1OCC(=O)O. The van der Waals surface area contributed by atoms with E-state index in [9.17, 15) is 4.79 Å². The number of ether oxygens (including phenoxy) is 1. The molecule has 0 spiro atoms. The van der Waals surface area contributed by atoms with Gasteiger partial charge in [0.2, 0.25) is 0 Å². The van der Waals surface area contributed by atoms with Crippen LogP contribution in [-0.4, -0.2) is 23.5 Å². The van der Waals surface area contributed by atoms with Crippen molar-refractivity contribution in [3.05, 3.63) is 71.3 Å². The van der Waals surface area contributed by atoms with Crippen LogP contribution in [0, 0.1) is 19.3 Å². The summed E-state index contributed by atoms with van der Waals surface area (Å²) in [6, 6.07) is 12.9. The Morgan fingerprint density at radius 3 is 2.28 bits per heavy atom. The average molecular weight is 341 g/mol. The Balaban J connectivity index is 0.000000271. The Hall–Kier alpha value is -3.28. The highest BCUT2D eigenvalue weighted by Crippen LogP contribution is 2.18. The van der Waals surface area contributed by atoms with E-state index in [2.05, 4.69) is 6.58 Å². The first kappa shape index (κ1) is 19.8. The molecular formula is C19H23N3O3. The second kappa shape index (κ2) is 9.12. The molecule has 0 amide bonds. The van der Waals surface area contributed by atoms with Gasteiger partial charge in [0.1, 0.15) is 11.6 Å². The van der Waals surface area contributed by atoms with E-state index in [1.165, 1.54) is 5.56 Å². The zero-order valence-electron chi connectivity index (χ0n) is 14.4. The van der Waals surface area contributed by atoms with Gasteiger partial charge in [-0.2, -0.15) is 0 Å². The summed E-state index contributed by atoms with van der Waals surface area (Å²) in [7, 11) is 0. The molecule has 2 aromatic carbocycles. The number of benzene rings is 2. The highest BCUT2D eigenvalue weighted by Gasteiger charge is 2.04. The summed E-state index contributed by atoms with van der Waals surface area (Å²) in [6.07, 6.45) is 0. The molecule has 6 nitrogen and oxygen atoms in total. The van der Waals surface area contributed by atoms with E-state index in [4.69, 9.17) is 26.7 Å². The topological polar surface area (TPSA) is 122 Å². The Kier molecular flexibility index (Phi) is 7.21. The number of aliphatic carboxylic acids is 1. The lowest BCUT2D eigenvalue weighted by Gasteiger charge is -2.08. The van der Waals surface area contributed by atoms with Crippen LogP contribution in [0.2, 0.25) is 0 Å². The van der Waals surface area contributed by atoms with Crippen molar-refractivity contribution in [2.75, 3.05) is 6.61 Å². The van der Waals surface area contributed by atoms with E-state index in [-0.39, 0.29) is 12.4 Å². The summed E-state index contributed by atoms with van der Waals surface area (Å²) in [5.41, 5.74) is 15.0. The van der Waals surface area contributed by atoms with Crippen LogP contribution in [0.4, 0.5) is 0 Å². The van der Waals surface area contributed by atoms with E-state index in [1.54, 1.807) is 25.1 Å². The number of hydrogen-bond acceptors (Lipinski definition) is 4. The number of nitrogens with one attached hydrogen (secondary N) is 1. The van der Waals surface area contributed by atoms with Gasteiger partial charge in [0.25, 0.3) is 0 Å². The third-order valence-corrected chi connectivity index (χ3v) is 3.23. The van der Waals surface area contributed by atoms with Crippen LogP contribution in [-0.2, 0) is 4.79 Å². The summed E-state index contributed by atoms with van der Waals surface area (Å²) >= 11 is 0. The molecule has 25 heavy (non-hydrogen) atoms. The van der Waals surface area contributed by atoms with Gasteiger partial charge < -0.3 is 21.3 Å². The monoisotopic (exact) mass is 341 g/mol. The minimum Gasteiger partial charge on any atom is -0.482 e. The first-order chi connectivity index (χ1) is 11.7. The molecule has 2 rings (SSSR count). The maximum atomic E-state index is 10.3. The quantitative estimate of drug-likeness (QED) is 0.492. The van der Waals surface area contributed by atoms with Crippen molar-refractivity contribution in [3.8, 4) is 5.75 Å². The molecule has 0 aliphatic heterocycles. The second-order valence-corrected chi connectivity index (χ2v) is 5.47. The fourth-order valence-electron chi connectivity index (χ4n) is 1.96. The van der Waals surface area contributed by atoms with Crippen molar-refractivity contribution >= 4 is 17.5 Å². The predicted molar refractivity (Wildman–Crippen MR) is 99.7 cm³/mol. The molecule has 0 fully saturated rings. The van der Waals surface area contributed by atoms with Crippen molar-refractivity contribution in [2.45, 2.75) is 13.8 Å². The highest BCUT2D eigenvalue weighted by atomic mass is 16.5. The molecular weight excluding hydrogens is 318 g/mol. The first-order valence-electron chi connectivity index (χ1n) is 7.51. The van der Waals surface area contributed by atoms with Crippen molar-refractivity contribution < 1.29 is 14.6 Å². The maximum absolute atomic E-state index is 10.3. The summed E-state index contributed by atoms with van der Waals surface area (Å²) in [5, 5.41) is 15.6. The van der Waals surface area contributed by atoms with Gasteiger partial charge >= 0.3 is 5.97 Å². The number of carboxylic acid groups (broad SMARTS) is 1. The summed E-state index contributed by atoms with van der Waals surface area (Å²) in [4.78, 5) is 10.3.